The van der Waals surface area contributed by atoms with Gasteiger partial charge in [0.15, 0.2) is 0 Å². The number of carboxylic acid groups (broad SMARTS) is 1. The first-order chi connectivity index (χ1) is 14.2. The number of alkyl halides is 3. The van der Waals surface area contributed by atoms with Crippen LogP contribution in [0, 0.1) is 0 Å². The summed E-state index contributed by atoms with van der Waals surface area (Å²) in [5.74, 6) is -1.36. The van der Waals surface area contributed by atoms with Crippen LogP contribution in [0.3, 0.4) is 0 Å². The summed E-state index contributed by atoms with van der Waals surface area (Å²) in [5, 5.41) is 9.90. The number of benzene rings is 2. The monoisotopic (exact) mass is 428 g/mol. The Kier molecular flexibility index (Phi) is 10.3. The summed E-state index contributed by atoms with van der Waals surface area (Å²) in [4.78, 5) is 20.4. The van der Waals surface area contributed by atoms with Gasteiger partial charge in [-0.2, -0.15) is 13.2 Å². The molecule has 0 aliphatic carbocycles. The van der Waals surface area contributed by atoms with Gasteiger partial charge in [0.1, 0.15) is 11.5 Å². The predicted molar refractivity (Wildman–Crippen MR) is 105 cm³/mol. The number of carbonyl (C=O) groups is 2. The van der Waals surface area contributed by atoms with Crippen LogP contribution in [0.2, 0.25) is 0 Å². The highest BCUT2D eigenvalue weighted by atomic mass is 19.4. The Morgan fingerprint density at radius 1 is 1.03 bits per heavy atom. The average molecular weight is 428 g/mol. The average Bonchev–Trinajstić information content (AvgIpc) is 2.69. The molecule has 0 heterocycles. The topological polar surface area (TPSA) is 111 Å². The van der Waals surface area contributed by atoms with Gasteiger partial charge in [0.05, 0.1) is 6.61 Å². The zero-order valence-corrected chi connectivity index (χ0v) is 16.2. The lowest BCUT2D eigenvalue weighted by Gasteiger charge is -2.08. The molecular formula is C20H23F3N2O5. The lowest BCUT2D eigenvalue weighted by atomic mass is 10.1. The van der Waals surface area contributed by atoms with E-state index in [9.17, 15) is 18.0 Å². The SMILES string of the molecule is COCCc1ccc(Oc2ccc(NC(=O)CCN)cc2)cc1.O=C(O)C(F)(F)F. The molecule has 0 aliphatic rings. The number of hydrogen-bond donors (Lipinski definition) is 3. The minimum absolute atomic E-state index is 0.0900. The molecule has 164 valence electrons. The number of carbonyl (C=O) groups excluding carboxylic acids is 1. The van der Waals surface area contributed by atoms with Crippen molar-refractivity contribution in [2.45, 2.75) is 19.0 Å². The van der Waals surface area contributed by atoms with Crippen molar-refractivity contribution in [3.63, 3.8) is 0 Å². The van der Waals surface area contributed by atoms with E-state index in [1.807, 2.05) is 36.4 Å². The van der Waals surface area contributed by atoms with Gasteiger partial charge in [-0.05, 0) is 48.4 Å². The van der Waals surface area contributed by atoms with Crippen LogP contribution in [0.15, 0.2) is 48.5 Å². The quantitative estimate of drug-likeness (QED) is 0.593. The van der Waals surface area contributed by atoms with Crippen LogP contribution in [-0.4, -0.2) is 43.4 Å². The maximum Gasteiger partial charge on any atom is 0.490 e. The van der Waals surface area contributed by atoms with Crippen molar-refractivity contribution in [1.29, 1.82) is 0 Å². The molecule has 2 aromatic carbocycles. The second kappa shape index (κ2) is 12.5. The van der Waals surface area contributed by atoms with Gasteiger partial charge < -0.3 is 25.6 Å². The van der Waals surface area contributed by atoms with Gasteiger partial charge in [-0.3, -0.25) is 4.79 Å². The molecule has 0 aromatic heterocycles. The number of methoxy groups -OCH3 is 1. The van der Waals surface area contributed by atoms with Crippen LogP contribution >= 0.6 is 0 Å². The molecule has 10 heteroatoms. The standard InChI is InChI=1S/C18H22N2O3.C2HF3O2/c1-22-13-11-14-2-6-16(7-3-14)23-17-8-4-15(5-9-17)20-18(21)10-12-19;3-2(4,5)1(6)7/h2-9H,10-13,19H2,1H3,(H,20,21);(H,6,7). The third-order valence-corrected chi connectivity index (χ3v) is 3.51. The highest BCUT2D eigenvalue weighted by molar-refractivity contribution is 5.90. The van der Waals surface area contributed by atoms with E-state index >= 15 is 0 Å². The van der Waals surface area contributed by atoms with Gasteiger partial charge in [-0.1, -0.05) is 12.1 Å². The number of nitrogens with one attached hydrogen (secondary N) is 1. The second-order valence-corrected chi connectivity index (χ2v) is 5.90. The first-order valence-electron chi connectivity index (χ1n) is 8.81. The molecule has 0 fully saturated rings. The largest absolute Gasteiger partial charge is 0.490 e. The Morgan fingerprint density at radius 3 is 1.97 bits per heavy atom. The molecule has 0 spiro atoms. The number of halogens is 3. The predicted octanol–water partition coefficient (Wildman–Crippen LogP) is 3.59. The Labute approximate surface area is 171 Å². The van der Waals surface area contributed by atoms with Crippen LogP contribution < -0.4 is 15.8 Å². The fraction of sp³-hybridized carbons (Fsp3) is 0.300. The van der Waals surface area contributed by atoms with Gasteiger partial charge in [0, 0.05) is 25.8 Å². The molecule has 7 nitrogen and oxygen atoms in total. The second-order valence-electron chi connectivity index (χ2n) is 5.90. The fourth-order valence-electron chi connectivity index (χ4n) is 2.04. The zero-order chi connectivity index (χ0) is 22.6. The highest BCUT2D eigenvalue weighted by Crippen LogP contribution is 2.23. The minimum Gasteiger partial charge on any atom is -0.475 e. The van der Waals surface area contributed by atoms with Gasteiger partial charge in [0.2, 0.25) is 5.91 Å². The smallest absolute Gasteiger partial charge is 0.475 e. The number of rotatable bonds is 8. The lowest BCUT2D eigenvalue weighted by molar-refractivity contribution is -0.192. The van der Waals surface area contributed by atoms with E-state index in [-0.39, 0.29) is 5.91 Å². The van der Waals surface area contributed by atoms with E-state index in [4.69, 9.17) is 25.1 Å². The summed E-state index contributed by atoms with van der Waals surface area (Å²) < 4.78 is 42.6. The Bertz CT molecular complexity index is 794. The van der Waals surface area contributed by atoms with Crippen molar-refractivity contribution < 1.29 is 37.3 Å². The first-order valence-corrected chi connectivity index (χ1v) is 8.81. The molecule has 0 saturated carbocycles. The summed E-state index contributed by atoms with van der Waals surface area (Å²) in [6.07, 6.45) is -3.89. The fourth-order valence-corrected chi connectivity index (χ4v) is 2.04. The maximum absolute atomic E-state index is 11.5. The Balaban J connectivity index is 0.000000553. The summed E-state index contributed by atoms with van der Waals surface area (Å²) in [5.41, 5.74) is 7.28. The highest BCUT2D eigenvalue weighted by Gasteiger charge is 2.38. The first kappa shape index (κ1) is 24.9. The van der Waals surface area contributed by atoms with Crippen LogP contribution in [0.5, 0.6) is 11.5 Å². The van der Waals surface area contributed by atoms with Crippen molar-refractivity contribution in [3.05, 3.63) is 54.1 Å². The van der Waals surface area contributed by atoms with Crippen LogP contribution in [-0.2, 0) is 20.7 Å². The normalized spacial score (nSPS) is 10.6. The number of ether oxygens (including phenoxy) is 2. The molecule has 2 rings (SSSR count). The van der Waals surface area contributed by atoms with Crippen LogP contribution in [0.1, 0.15) is 12.0 Å². The Morgan fingerprint density at radius 2 is 1.53 bits per heavy atom. The molecule has 30 heavy (non-hydrogen) atoms. The van der Waals surface area contributed by atoms with Gasteiger partial charge >= 0.3 is 12.1 Å². The van der Waals surface area contributed by atoms with Gasteiger partial charge in [-0.15, -0.1) is 0 Å². The third-order valence-electron chi connectivity index (χ3n) is 3.51. The van der Waals surface area contributed by atoms with E-state index in [0.29, 0.717) is 25.3 Å². The van der Waals surface area contributed by atoms with E-state index in [2.05, 4.69) is 5.32 Å². The van der Waals surface area contributed by atoms with Crippen molar-refractivity contribution in [3.8, 4) is 11.5 Å². The molecule has 0 unspecified atom stereocenters. The molecule has 0 radical (unpaired) electrons. The van der Waals surface area contributed by atoms with E-state index in [0.717, 1.165) is 17.9 Å². The van der Waals surface area contributed by atoms with Crippen LogP contribution in [0.4, 0.5) is 18.9 Å². The summed E-state index contributed by atoms with van der Waals surface area (Å²) in [7, 11) is 1.69. The van der Waals surface area contributed by atoms with Crippen molar-refractivity contribution in [2.24, 2.45) is 5.73 Å². The molecule has 0 aliphatic heterocycles. The molecule has 1 amide bonds. The van der Waals surface area contributed by atoms with E-state index in [1.54, 1.807) is 19.2 Å². The van der Waals surface area contributed by atoms with Crippen molar-refractivity contribution in [2.75, 3.05) is 25.6 Å². The zero-order valence-electron chi connectivity index (χ0n) is 16.2. The van der Waals surface area contributed by atoms with Crippen molar-refractivity contribution >= 4 is 17.6 Å². The Hall–Kier alpha value is -3.11. The van der Waals surface area contributed by atoms with Gasteiger partial charge in [0.25, 0.3) is 0 Å². The summed E-state index contributed by atoms with van der Waals surface area (Å²) in [6.45, 7) is 1.05. The molecule has 0 bridgehead atoms. The number of hydrogen-bond acceptors (Lipinski definition) is 5. The minimum atomic E-state index is -5.08. The summed E-state index contributed by atoms with van der Waals surface area (Å²) in [6, 6.07) is 15.1. The molecular weight excluding hydrogens is 405 g/mol. The van der Waals surface area contributed by atoms with Crippen molar-refractivity contribution in [1.82, 2.24) is 0 Å². The van der Waals surface area contributed by atoms with Crippen LogP contribution in [0.25, 0.3) is 0 Å². The third kappa shape index (κ3) is 9.89. The molecule has 2 aromatic rings. The molecule has 0 atom stereocenters. The molecule has 4 N–H and O–H groups in total. The summed E-state index contributed by atoms with van der Waals surface area (Å²) >= 11 is 0. The lowest BCUT2D eigenvalue weighted by Crippen LogP contribution is -2.21. The number of anilines is 1. The number of amides is 1. The number of nitrogens with two attached hydrogens (primary N) is 1. The molecule has 0 saturated heterocycles. The number of carboxylic acids is 1. The number of aliphatic carboxylic acids is 1. The van der Waals surface area contributed by atoms with Gasteiger partial charge in [-0.25, -0.2) is 4.79 Å². The maximum atomic E-state index is 11.5. The van der Waals surface area contributed by atoms with E-state index in [1.165, 1.54) is 5.56 Å². The van der Waals surface area contributed by atoms with E-state index < -0.39 is 12.1 Å².